The predicted molar refractivity (Wildman–Crippen MR) is 93.4 cm³/mol. The van der Waals surface area contributed by atoms with Gasteiger partial charge in [-0.25, -0.2) is 0 Å². The van der Waals surface area contributed by atoms with Gasteiger partial charge in [0.1, 0.15) is 5.54 Å². The first kappa shape index (κ1) is 14.1. The number of nitrogens with one attached hydrogen (secondary N) is 2. The van der Waals surface area contributed by atoms with Crippen LogP contribution in [0.15, 0.2) is 66.9 Å². The molecule has 0 radical (unpaired) electrons. The SMILES string of the molecule is OCCC[C@@]1(c2ccccc2)Nc2ccccc2-c2cc[nH]c21. The summed E-state index contributed by atoms with van der Waals surface area (Å²) in [4.78, 5) is 3.45. The molecule has 0 bridgehead atoms. The van der Waals surface area contributed by atoms with Gasteiger partial charge in [0.05, 0.1) is 5.69 Å². The first-order valence-electron chi connectivity index (χ1n) is 8.07. The van der Waals surface area contributed by atoms with Gasteiger partial charge in [0.2, 0.25) is 0 Å². The van der Waals surface area contributed by atoms with Gasteiger partial charge in [-0.15, -0.1) is 0 Å². The number of H-pyrrole nitrogens is 1. The van der Waals surface area contributed by atoms with Crippen LogP contribution in [0.4, 0.5) is 5.69 Å². The number of aromatic amines is 1. The molecule has 2 aromatic carbocycles. The van der Waals surface area contributed by atoms with Crippen LogP contribution in [-0.2, 0) is 5.54 Å². The molecule has 0 spiro atoms. The van der Waals surface area contributed by atoms with Crippen LogP contribution in [-0.4, -0.2) is 16.7 Å². The lowest BCUT2D eigenvalue weighted by atomic mass is 9.77. The van der Waals surface area contributed by atoms with E-state index in [2.05, 4.69) is 64.9 Å². The number of benzene rings is 2. The van der Waals surface area contributed by atoms with Crippen molar-refractivity contribution in [3.8, 4) is 11.1 Å². The van der Waals surface area contributed by atoms with Gasteiger partial charge in [0.25, 0.3) is 0 Å². The van der Waals surface area contributed by atoms with Crippen LogP contribution in [0.5, 0.6) is 0 Å². The number of rotatable bonds is 4. The molecule has 0 saturated heterocycles. The Hall–Kier alpha value is -2.52. The van der Waals surface area contributed by atoms with Gasteiger partial charge in [0, 0.05) is 29.6 Å². The zero-order chi connectivity index (χ0) is 15.7. The lowest BCUT2D eigenvalue weighted by Gasteiger charge is -2.40. The van der Waals surface area contributed by atoms with Crippen molar-refractivity contribution < 1.29 is 5.11 Å². The Morgan fingerprint density at radius 1 is 0.870 bits per heavy atom. The highest BCUT2D eigenvalue weighted by Gasteiger charge is 2.40. The molecule has 1 aromatic heterocycles. The summed E-state index contributed by atoms with van der Waals surface area (Å²) in [5, 5.41) is 13.2. The molecule has 23 heavy (non-hydrogen) atoms. The van der Waals surface area contributed by atoms with Crippen LogP contribution in [0.1, 0.15) is 24.1 Å². The van der Waals surface area contributed by atoms with E-state index in [1.165, 1.54) is 22.4 Å². The second-order valence-corrected chi connectivity index (χ2v) is 6.04. The van der Waals surface area contributed by atoms with Crippen molar-refractivity contribution in [3.63, 3.8) is 0 Å². The summed E-state index contributed by atoms with van der Waals surface area (Å²) in [5.74, 6) is 0. The number of fused-ring (bicyclic) bond motifs is 3. The van der Waals surface area contributed by atoms with Crippen molar-refractivity contribution in [3.05, 3.63) is 78.1 Å². The van der Waals surface area contributed by atoms with E-state index in [1.807, 2.05) is 12.3 Å². The smallest absolute Gasteiger partial charge is 0.104 e. The van der Waals surface area contributed by atoms with E-state index in [0.29, 0.717) is 0 Å². The molecule has 1 atom stereocenters. The predicted octanol–water partition coefficient (Wildman–Crippen LogP) is 4.12. The van der Waals surface area contributed by atoms with Crippen molar-refractivity contribution in [2.45, 2.75) is 18.4 Å². The maximum absolute atomic E-state index is 9.41. The molecule has 0 fully saturated rings. The normalized spacial score (nSPS) is 18.8. The van der Waals surface area contributed by atoms with Gasteiger partial charge in [-0.1, -0.05) is 48.5 Å². The molecule has 1 aliphatic rings. The molecule has 3 N–H and O–H groups in total. The monoisotopic (exact) mass is 304 g/mol. The third-order valence-corrected chi connectivity index (χ3v) is 4.72. The van der Waals surface area contributed by atoms with Crippen molar-refractivity contribution in [2.24, 2.45) is 0 Å². The number of para-hydroxylation sites is 1. The number of aliphatic hydroxyl groups is 1. The fourth-order valence-corrected chi connectivity index (χ4v) is 3.68. The van der Waals surface area contributed by atoms with Crippen molar-refractivity contribution in [1.82, 2.24) is 4.98 Å². The molecular formula is C20H20N2O. The van der Waals surface area contributed by atoms with Crippen LogP contribution in [0, 0.1) is 0 Å². The molecule has 3 nitrogen and oxygen atoms in total. The molecule has 3 aromatic rings. The number of hydrogen-bond donors (Lipinski definition) is 3. The Morgan fingerprint density at radius 3 is 2.48 bits per heavy atom. The molecule has 3 heteroatoms. The summed E-state index contributed by atoms with van der Waals surface area (Å²) in [7, 11) is 0. The van der Waals surface area contributed by atoms with Gasteiger partial charge in [-0.3, -0.25) is 0 Å². The Morgan fingerprint density at radius 2 is 1.65 bits per heavy atom. The first-order valence-corrected chi connectivity index (χ1v) is 8.07. The fourth-order valence-electron chi connectivity index (χ4n) is 3.68. The Labute approximate surface area is 136 Å². The zero-order valence-electron chi connectivity index (χ0n) is 12.9. The summed E-state index contributed by atoms with van der Waals surface area (Å²) in [6.45, 7) is 0.188. The average Bonchev–Trinajstić information content (AvgIpc) is 3.11. The summed E-state index contributed by atoms with van der Waals surface area (Å²) in [6.07, 6.45) is 3.57. The van der Waals surface area contributed by atoms with E-state index in [0.717, 1.165) is 18.5 Å². The third kappa shape index (κ3) is 2.16. The zero-order valence-corrected chi connectivity index (χ0v) is 12.9. The van der Waals surface area contributed by atoms with Crippen LogP contribution >= 0.6 is 0 Å². The first-order chi connectivity index (χ1) is 11.3. The Bertz CT molecular complexity index is 809. The van der Waals surface area contributed by atoms with E-state index in [9.17, 15) is 5.11 Å². The Kier molecular flexibility index (Phi) is 3.43. The highest BCUT2D eigenvalue weighted by atomic mass is 16.2. The maximum Gasteiger partial charge on any atom is 0.104 e. The molecule has 0 saturated carbocycles. The van der Waals surface area contributed by atoms with Crippen molar-refractivity contribution in [2.75, 3.05) is 11.9 Å². The standard InChI is InChI=1S/C20H20N2O/c23-14-6-12-20(15-7-2-1-3-8-15)19-17(11-13-21-19)16-9-4-5-10-18(16)22-20/h1-5,7-11,13,21-23H,6,12,14H2/t20-/m0/s1. The maximum atomic E-state index is 9.41. The van der Waals surface area contributed by atoms with Gasteiger partial charge in [-0.2, -0.15) is 0 Å². The second kappa shape index (κ2) is 5.60. The minimum Gasteiger partial charge on any atom is -0.396 e. The molecule has 4 rings (SSSR count). The molecule has 0 aliphatic carbocycles. The van der Waals surface area contributed by atoms with Gasteiger partial charge < -0.3 is 15.4 Å². The van der Waals surface area contributed by atoms with Gasteiger partial charge in [0.15, 0.2) is 0 Å². The van der Waals surface area contributed by atoms with E-state index in [1.54, 1.807) is 0 Å². The van der Waals surface area contributed by atoms with Crippen molar-refractivity contribution in [1.29, 1.82) is 0 Å². The molecular weight excluding hydrogens is 284 g/mol. The fraction of sp³-hybridized carbons (Fsp3) is 0.200. The van der Waals surface area contributed by atoms with Gasteiger partial charge >= 0.3 is 0 Å². The van der Waals surface area contributed by atoms with E-state index in [-0.39, 0.29) is 12.1 Å². The third-order valence-electron chi connectivity index (χ3n) is 4.72. The molecule has 1 aliphatic heterocycles. The highest BCUT2D eigenvalue weighted by molar-refractivity contribution is 5.85. The molecule has 0 amide bonds. The number of hydrogen-bond acceptors (Lipinski definition) is 2. The van der Waals surface area contributed by atoms with Crippen LogP contribution < -0.4 is 5.32 Å². The van der Waals surface area contributed by atoms with E-state index >= 15 is 0 Å². The number of anilines is 1. The lowest BCUT2D eigenvalue weighted by molar-refractivity contribution is 0.272. The average molecular weight is 304 g/mol. The topological polar surface area (TPSA) is 48.0 Å². The minimum absolute atomic E-state index is 0.188. The van der Waals surface area contributed by atoms with Crippen LogP contribution in [0.25, 0.3) is 11.1 Å². The van der Waals surface area contributed by atoms with Crippen LogP contribution in [0.3, 0.4) is 0 Å². The highest BCUT2D eigenvalue weighted by Crippen LogP contribution is 2.47. The number of aromatic nitrogens is 1. The summed E-state index contributed by atoms with van der Waals surface area (Å²) >= 11 is 0. The largest absolute Gasteiger partial charge is 0.396 e. The number of aliphatic hydroxyl groups excluding tert-OH is 1. The molecule has 0 unspecified atom stereocenters. The van der Waals surface area contributed by atoms with E-state index in [4.69, 9.17) is 0 Å². The lowest BCUT2D eigenvalue weighted by Crippen LogP contribution is -2.40. The Balaban J connectivity index is 1.94. The molecule has 116 valence electrons. The summed E-state index contributed by atoms with van der Waals surface area (Å²) in [6, 6.07) is 21.0. The summed E-state index contributed by atoms with van der Waals surface area (Å²) in [5.41, 5.74) is 5.65. The molecule has 2 heterocycles. The quantitative estimate of drug-likeness (QED) is 0.679. The van der Waals surface area contributed by atoms with Crippen molar-refractivity contribution >= 4 is 5.69 Å². The summed E-state index contributed by atoms with van der Waals surface area (Å²) < 4.78 is 0. The second-order valence-electron chi connectivity index (χ2n) is 6.04. The van der Waals surface area contributed by atoms with Crippen LogP contribution in [0.2, 0.25) is 0 Å². The van der Waals surface area contributed by atoms with Gasteiger partial charge in [-0.05, 0) is 30.5 Å². The minimum atomic E-state index is -0.336. The van der Waals surface area contributed by atoms with E-state index < -0.39 is 0 Å².